The van der Waals surface area contributed by atoms with Crippen molar-refractivity contribution in [1.82, 2.24) is 0 Å². The molecule has 0 aromatic rings. The summed E-state index contributed by atoms with van der Waals surface area (Å²) in [6.07, 6.45) is 1.09. The van der Waals surface area contributed by atoms with Crippen LogP contribution in [0.25, 0.3) is 0 Å². The topological polar surface area (TPSA) is 21.6 Å². The molecule has 0 aromatic heterocycles. The molecule has 0 aromatic carbocycles. The van der Waals surface area contributed by atoms with E-state index in [9.17, 15) is 0 Å². The van der Waals surface area contributed by atoms with Gasteiger partial charge in [0.15, 0.2) is 0 Å². The smallest absolute Gasteiger partial charge is 0.211 e. The molecule has 2 nitrogen and oxygen atoms in total. The van der Waals surface area contributed by atoms with E-state index in [1.54, 1.807) is 0 Å². The monoisotopic (exact) mass is 153 g/mol. The Morgan fingerprint density at radius 2 is 2.18 bits per heavy atom. The minimum absolute atomic E-state index is 0.712. The fraction of sp³-hybridized carbons (Fsp3) is 0.667. The summed E-state index contributed by atoms with van der Waals surface area (Å²) in [5, 5.41) is 0. The van der Waals surface area contributed by atoms with Crippen LogP contribution in [0.4, 0.5) is 0 Å². The van der Waals surface area contributed by atoms with Crippen molar-refractivity contribution in [2.45, 2.75) is 27.2 Å². The molecule has 0 radical (unpaired) electrons. The SMILES string of the molecule is CCOC1=NCCC(C)=C1C. The molecule has 0 atom stereocenters. The van der Waals surface area contributed by atoms with E-state index in [-0.39, 0.29) is 0 Å². The number of rotatable bonds is 1. The van der Waals surface area contributed by atoms with Crippen LogP contribution in [0.15, 0.2) is 16.1 Å². The zero-order valence-electron chi connectivity index (χ0n) is 7.48. The molecule has 11 heavy (non-hydrogen) atoms. The zero-order chi connectivity index (χ0) is 8.27. The van der Waals surface area contributed by atoms with Gasteiger partial charge in [0.05, 0.1) is 6.61 Å². The van der Waals surface area contributed by atoms with Crippen LogP contribution in [0.1, 0.15) is 27.2 Å². The van der Waals surface area contributed by atoms with Crippen molar-refractivity contribution < 1.29 is 4.74 Å². The maximum atomic E-state index is 5.36. The van der Waals surface area contributed by atoms with Crippen LogP contribution in [-0.4, -0.2) is 19.0 Å². The van der Waals surface area contributed by atoms with E-state index in [2.05, 4.69) is 18.8 Å². The summed E-state index contributed by atoms with van der Waals surface area (Å²) in [6, 6.07) is 0. The molecule has 2 heteroatoms. The third kappa shape index (κ3) is 1.82. The Balaban J connectivity index is 2.71. The average Bonchev–Trinajstić information content (AvgIpc) is 1.99. The molecule has 1 aliphatic rings. The minimum Gasteiger partial charge on any atom is -0.478 e. The van der Waals surface area contributed by atoms with Crippen molar-refractivity contribution >= 4 is 5.90 Å². The third-order valence-corrected chi connectivity index (χ3v) is 1.98. The second-order valence-electron chi connectivity index (χ2n) is 2.78. The standard InChI is InChI=1S/C9H15NO/c1-4-11-9-8(3)7(2)5-6-10-9/h4-6H2,1-3H3. The molecule has 0 amide bonds. The van der Waals surface area contributed by atoms with E-state index in [0.29, 0.717) is 6.61 Å². The Morgan fingerprint density at radius 3 is 2.82 bits per heavy atom. The highest BCUT2D eigenvalue weighted by Crippen LogP contribution is 2.15. The number of ether oxygens (including phenoxy) is 1. The van der Waals surface area contributed by atoms with E-state index in [4.69, 9.17) is 4.74 Å². The van der Waals surface area contributed by atoms with E-state index in [1.807, 2.05) is 6.92 Å². The number of hydrogen-bond acceptors (Lipinski definition) is 2. The molecular formula is C9H15NO. The van der Waals surface area contributed by atoms with E-state index >= 15 is 0 Å². The van der Waals surface area contributed by atoms with Gasteiger partial charge in [-0.05, 0) is 27.2 Å². The lowest BCUT2D eigenvalue weighted by atomic mass is 10.1. The van der Waals surface area contributed by atoms with Crippen LogP contribution in [0.3, 0.4) is 0 Å². The second kappa shape index (κ2) is 3.56. The highest BCUT2D eigenvalue weighted by Gasteiger charge is 2.10. The van der Waals surface area contributed by atoms with Gasteiger partial charge in [0, 0.05) is 12.1 Å². The van der Waals surface area contributed by atoms with Gasteiger partial charge in [-0.25, -0.2) is 0 Å². The van der Waals surface area contributed by atoms with Gasteiger partial charge in [-0.15, -0.1) is 0 Å². The van der Waals surface area contributed by atoms with E-state index < -0.39 is 0 Å². The molecule has 0 aliphatic carbocycles. The van der Waals surface area contributed by atoms with Crippen molar-refractivity contribution in [2.24, 2.45) is 4.99 Å². The largest absolute Gasteiger partial charge is 0.478 e. The average molecular weight is 153 g/mol. The summed E-state index contributed by atoms with van der Waals surface area (Å²) in [6.45, 7) is 7.80. The maximum absolute atomic E-state index is 5.36. The third-order valence-electron chi connectivity index (χ3n) is 1.98. The van der Waals surface area contributed by atoms with Crippen molar-refractivity contribution in [3.05, 3.63) is 11.1 Å². The van der Waals surface area contributed by atoms with Gasteiger partial charge < -0.3 is 4.74 Å². The molecule has 0 unspecified atom stereocenters. The fourth-order valence-electron chi connectivity index (χ4n) is 1.10. The number of nitrogens with zero attached hydrogens (tertiary/aromatic N) is 1. The lowest BCUT2D eigenvalue weighted by molar-refractivity contribution is 0.324. The van der Waals surface area contributed by atoms with Gasteiger partial charge in [0.1, 0.15) is 0 Å². The first-order chi connectivity index (χ1) is 5.25. The number of aliphatic imine (C=N–C) groups is 1. The molecule has 0 N–H and O–H groups in total. The molecule has 1 aliphatic heterocycles. The van der Waals surface area contributed by atoms with E-state index in [0.717, 1.165) is 18.9 Å². The summed E-state index contributed by atoms with van der Waals surface area (Å²) in [5.74, 6) is 0.844. The summed E-state index contributed by atoms with van der Waals surface area (Å²) in [4.78, 5) is 4.29. The Hall–Kier alpha value is -0.790. The molecular weight excluding hydrogens is 138 g/mol. The zero-order valence-corrected chi connectivity index (χ0v) is 7.48. The Morgan fingerprint density at radius 1 is 1.45 bits per heavy atom. The molecule has 0 spiro atoms. The van der Waals surface area contributed by atoms with Crippen LogP contribution >= 0.6 is 0 Å². The number of dihydropyridines is 1. The first-order valence-electron chi connectivity index (χ1n) is 4.09. The van der Waals surface area contributed by atoms with Crippen LogP contribution in [-0.2, 0) is 4.74 Å². The van der Waals surface area contributed by atoms with Crippen LogP contribution in [0, 0.1) is 0 Å². The Kier molecular flexibility index (Phi) is 2.69. The Labute approximate surface area is 68.0 Å². The van der Waals surface area contributed by atoms with Gasteiger partial charge in [0.25, 0.3) is 0 Å². The van der Waals surface area contributed by atoms with Crippen LogP contribution in [0.5, 0.6) is 0 Å². The van der Waals surface area contributed by atoms with Crippen LogP contribution < -0.4 is 0 Å². The molecule has 0 fully saturated rings. The first-order valence-corrected chi connectivity index (χ1v) is 4.09. The highest BCUT2D eigenvalue weighted by molar-refractivity contribution is 5.94. The summed E-state index contributed by atoms with van der Waals surface area (Å²) in [5.41, 5.74) is 2.63. The van der Waals surface area contributed by atoms with Gasteiger partial charge in [-0.2, -0.15) is 0 Å². The van der Waals surface area contributed by atoms with Gasteiger partial charge in [-0.1, -0.05) is 5.57 Å². The molecule has 1 heterocycles. The van der Waals surface area contributed by atoms with Crippen molar-refractivity contribution in [3.63, 3.8) is 0 Å². The first kappa shape index (κ1) is 8.31. The summed E-state index contributed by atoms with van der Waals surface area (Å²) in [7, 11) is 0. The van der Waals surface area contributed by atoms with Gasteiger partial charge >= 0.3 is 0 Å². The maximum Gasteiger partial charge on any atom is 0.211 e. The fourth-order valence-corrected chi connectivity index (χ4v) is 1.10. The minimum atomic E-state index is 0.712. The lowest BCUT2D eigenvalue weighted by Gasteiger charge is -2.15. The Bertz CT molecular complexity index is 204. The van der Waals surface area contributed by atoms with Gasteiger partial charge in [0.2, 0.25) is 5.90 Å². The second-order valence-corrected chi connectivity index (χ2v) is 2.78. The molecule has 62 valence electrons. The molecule has 0 bridgehead atoms. The summed E-state index contributed by atoms with van der Waals surface area (Å²) < 4.78 is 5.36. The highest BCUT2D eigenvalue weighted by atomic mass is 16.5. The van der Waals surface area contributed by atoms with Crippen molar-refractivity contribution in [3.8, 4) is 0 Å². The van der Waals surface area contributed by atoms with E-state index in [1.165, 1.54) is 11.1 Å². The summed E-state index contributed by atoms with van der Waals surface area (Å²) >= 11 is 0. The lowest BCUT2D eigenvalue weighted by Crippen LogP contribution is -2.13. The number of hydrogen-bond donors (Lipinski definition) is 0. The molecule has 1 rings (SSSR count). The molecule has 0 saturated carbocycles. The van der Waals surface area contributed by atoms with Crippen molar-refractivity contribution in [2.75, 3.05) is 13.2 Å². The molecule has 0 saturated heterocycles. The predicted molar refractivity (Wildman–Crippen MR) is 46.9 cm³/mol. The van der Waals surface area contributed by atoms with Gasteiger partial charge in [-0.3, -0.25) is 4.99 Å². The van der Waals surface area contributed by atoms with Crippen molar-refractivity contribution in [1.29, 1.82) is 0 Å². The predicted octanol–water partition coefficient (Wildman–Crippen LogP) is 2.16. The quantitative estimate of drug-likeness (QED) is 0.565. The normalized spacial score (nSPS) is 18.3. The van der Waals surface area contributed by atoms with Crippen LogP contribution in [0.2, 0.25) is 0 Å².